The van der Waals surface area contributed by atoms with E-state index in [1.54, 1.807) is 62.9 Å². The van der Waals surface area contributed by atoms with Crippen molar-refractivity contribution in [3.8, 4) is 11.4 Å². The summed E-state index contributed by atoms with van der Waals surface area (Å²) >= 11 is 0. The number of para-hydroxylation sites is 1. The molecule has 1 aliphatic rings. The van der Waals surface area contributed by atoms with Gasteiger partial charge in [0.15, 0.2) is 6.61 Å². The molecule has 0 radical (unpaired) electrons. The summed E-state index contributed by atoms with van der Waals surface area (Å²) in [5.41, 5.74) is -0.0846. The van der Waals surface area contributed by atoms with Crippen LogP contribution in [0.3, 0.4) is 0 Å². The zero-order valence-corrected chi connectivity index (χ0v) is 21.5. The first-order valence-corrected chi connectivity index (χ1v) is 12.2. The zero-order valence-electron chi connectivity index (χ0n) is 21.5. The Morgan fingerprint density at radius 3 is 2.46 bits per heavy atom. The van der Waals surface area contributed by atoms with Crippen molar-refractivity contribution in [1.29, 1.82) is 0 Å². The summed E-state index contributed by atoms with van der Waals surface area (Å²) < 4.78 is 18.0. The van der Waals surface area contributed by atoms with Crippen LogP contribution in [-0.4, -0.2) is 65.0 Å². The van der Waals surface area contributed by atoms with Crippen LogP contribution in [0, 0.1) is 0 Å². The molecular formula is C27H32N4O6. The molecule has 10 nitrogen and oxygen atoms in total. The zero-order chi connectivity index (χ0) is 26.6. The molecule has 0 unspecified atom stereocenters. The van der Waals surface area contributed by atoms with Crippen molar-refractivity contribution in [3.63, 3.8) is 0 Å². The fourth-order valence-electron chi connectivity index (χ4n) is 4.05. The molecule has 2 amide bonds. The van der Waals surface area contributed by atoms with E-state index in [1.165, 1.54) is 4.57 Å². The minimum Gasteiger partial charge on any atom is -0.483 e. The number of aromatic nitrogens is 2. The average molecular weight is 509 g/mol. The highest BCUT2D eigenvalue weighted by atomic mass is 16.6. The summed E-state index contributed by atoms with van der Waals surface area (Å²) in [7, 11) is 0. The number of ether oxygens (including phenoxy) is 3. The van der Waals surface area contributed by atoms with E-state index in [9.17, 15) is 14.4 Å². The molecule has 10 heteroatoms. The van der Waals surface area contributed by atoms with Crippen molar-refractivity contribution in [1.82, 2.24) is 19.8 Å². The topological polar surface area (TPSA) is 112 Å². The number of carbonyl (C=O) groups is 2. The highest BCUT2D eigenvalue weighted by molar-refractivity contribution is 5.85. The summed E-state index contributed by atoms with van der Waals surface area (Å²) in [4.78, 5) is 45.4. The van der Waals surface area contributed by atoms with Gasteiger partial charge in [-0.1, -0.05) is 24.3 Å². The van der Waals surface area contributed by atoms with Crippen molar-refractivity contribution in [2.24, 2.45) is 0 Å². The van der Waals surface area contributed by atoms with Crippen molar-refractivity contribution < 1.29 is 23.8 Å². The molecule has 1 aliphatic heterocycles. The van der Waals surface area contributed by atoms with Crippen LogP contribution in [0.1, 0.15) is 39.6 Å². The number of nitrogens with one attached hydrogen (secondary N) is 1. The van der Waals surface area contributed by atoms with Gasteiger partial charge in [0, 0.05) is 13.1 Å². The molecule has 37 heavy (non-hydrogen) atoms. The van der Waals surface area contributed by atoms with Crippen LogP contribution in [0.25, 0.3) is 16.6 Å². The third-order valence-electron chi connectivity index (χ3n) is 5.74. The predicted molar refractivity (Wildman–Crippen MR) is 138 cm³/mol. The molecule has 2 heterocycles. The van der Waals surface area contributed by atoms with Gasteiger partial charge in [-0.05, 0) is 52.0 Å². The number of carbonyl (C=O) groups excluding carboxylic acids is 2. The van der Waals surface area contributed by atoms with Gasteiger partial charge < -0.3 is 24.4 Å². The van der Waals surface area contributed by atoms with Gasteiger partial charge in [-0.15, -0.1) is 0 Å². The second kappa shape index (κ2) is 11.0. The molecule has 196 valence electrons. The molecule has 4 rings (SSSR count). The van der Waals surface area contributed by atoms with Crippen molar-refractivity contribution in [2.45, 2.75) is 39.3 Å². The molecule has 2 aromatic carbocycles. The van der Waals surface area contributed by atoms with E-state index >= 15 is 0 Å². The Morgan fingerprint density at radius 1 is 1.08 bits per heavy atom. The minimum atomic E-state index is -0.676. The molecule has 3 aromatic rings. The van der Waals surface area contributed by atoms with Gasteiger partial charge in [0.2, 0.25) is 0 Å². The van der Waals surface area contributed by atoms with Crippen LogP contribution in [0.4, 0.5) is 4.79 Å². The van der Waals surface area contributed by atoms with Crippen LogP contribution in [0.2, 0.25) is 0 Å². The predicted octanol–water partition coefficient (Wildman–Crippen LogP) is 3.21. The van der Waals surface area contributed by atoms with Gasteiger partial charge in [0.1, 0.15) is 22.6 Å². The second-order valence-electron chi connectivity index (χ2n) is 9.75. The van der Waals surface area contributed by atoms with Gasteiger partial charge in [-0.3, -0.25) is 14.2 Å². The highest BCUT2D eigenvalue weighted by Crippen LogP contribution is 2.25. The molecule has 0 aliphatic carbocycles. The Balaban J connectivity index is 1.72. The lowest BCUT2D eigenvalue weighted by Gasteiger charge is -2.26. The maximum Gasteiger partial charge on any atom is 0.408 e. The average Bonchev–Trinajstić information content (AvgIpc) is 2.86. The van der Waals surface area contributed by atoms with Gasteiger partial charge in [-0.2, -0.15) is 0 Å². The quantitative estimate of drug-likeness (QED) is 0.544. The molecule has 1 atom stereocenters. The van der Waals surface area contributed by atoms with E-state index < -0.39 is 17.7 Å². The van der Waals surface area contributed by atoms with E-state index in [4.69, 9.17) is 19.2 Å². The maximum absolute atomic E-state index is 13.9. The molecule has 1 saturated heterocycles. The largest absolute Gasteiger partial charge is 0.483 e. The van der Waals surface area contributed by atoms with Gasteiger partial charge >= 0.3 is 6.09 Å². The number of nitrogens with zero attached hydrogens (tertiary/aromatic N) is 3. The molecular weight excluding hydrogens is 476 g/mol. The highest BCUT2D eigenvalue weighted by Gasteiger charge is 2.24. The Bertz CT molecular complexity index is 1330. The number of amides is 2. The third-order valence-corrected chi connectivity index (χ3v) is 5.74. The standard InChI is InChI=1S/C27H32N4O6/c1-18(28-26(34)37-27(2,3)4)24-29-20-11-8-12-21(36-17-22(32)30-13-15-35-16-14-30)23(20)25(33)31(24)19-9-6-5-7-10-19/h5-12,18H,13-17H2,1-4H3,(H,28,34)/t18-/m0/s1. The summed E-state index contributed by atoms with van der Waals surface area (Å²) in [5, 5.41) is 3.02. The number of morpholine rings is 1. The summed E-state index contributed by atoms with van der Waals surface area (Å²) in [6, 6.07) is 13.4. The van der Waals surface area contributed by atoms with Crippen LogP contribution in [0.15, 0.2) is 53.3 Å². The normalized spacial score (nSPS) is 14.8. The first kappa shape index (κ1) is 26.2. The number of hydrogen-bond acceptors (Lipinski definition) is 7. The van der Waals surface area contributed by atoms with Crippen molar-refractivity contribution in [3.05, 3.63) is 64.7 Å². The summed E-state index contributed by atoms with van der Waals surface area (Å²) in [6.45, 7) is 8.84. The minimum absolute atomic E-state index is 0.177. The molecule has 0 saturated carbocycles. The number of rotatable bonds is 6. The van der Waals surface area contributed by atoms with Gasteiger partial charge in [0.25, 0.3) is 11.5 Å². The number of hydrogen-bond donors (Lipinski definition) is 1. The first-order chi connectivity index (χ1) is 17.6. The fraction of sp³-hybridized carbons (Fsp3) is 0.407. The number of alkyl carbamates (subject to hydrolysis) is 1. The molecule has 1 fully saturated rings. The molecule has 1 N–H and O–H groups in total. The summed E-state index contributed by atoms with van der Waals surface area (Å²) in [5.74, 6) is 0.417. The lowest BCUT2D eigenvalue weighted by atomic mass is 10.2. The molecule has 0 bridgehead atoms. The van der Waals surface area contributed by atoms with E-state index in [0.29, 0.717) is 43.3 Å². The van der Waals surface area contributed by atoms with E-state index in [-0.39, 0.29) is 29.2 Å². The fourth-order valence-corrected chi connectivity index (χ4v) is 4.05. The van der Waals surface area contributed by atoms with Gasteiger partial charge in [-0.25, -0.2) is 9.78 Å². The molecule has 1 aromatic heterocycles. The Kier molecular flexibility index (Phi) is 7.77. The van der Waals surface area contributed by atoms with Crippen LogP contribution in [0.5, 0.6) is 5.75 Å². The van der Waals surface area contributed by atoms with Crippen molar-refractivity contribution >= 4 is 22.9 Å². The molecule has 0 spiro atoms. The monoisotopic (exact) mass is 508 g/mol. The summed E-state index contributed by atoms with van der Waals surface area (Å²) in [6.07, 6.45) is -0.618. The number of fused-ring (bicyclic) bond motifs is 1. The Hall–Kier alpha value is -3.92. The lowest BCUT2D eigenvalue weighted by molar-refractivity contribution is -0.137. The van der Waals surface area contributed by atoms with Gasteiger partial charge in [0.05, 0.1) is 30.5 Å². The van der Waals surface area contributed by atoms with E-state index in [1.807, 2.05) is 18.2 Å². The second-order valence-corrected chi connectivity index (χ2v) is 9.75. The smallest absolute Gasteiger partial charge is 0.408 e. The SMILES string of the molecule is C[C@H](NC(=O)OC(C)(C)C)c1nc2cccc(OCC(=O)N3CCOCC3)c2c(=O)n1-c1ccccc1. The Labute approximate surface area is 215 Å². The first-order valence-electron chi connectivity index (χ1n) is 12.2. The third kappa shape index (κ3) is 6.26. The lowest BCUT2D eigenvalue weighted by Crippen LogP contribution is -2.43. The van der Waals surface area contributed by atoms with Crippen molar-refractivity contribution in [2.75, 3.05) is 32.9 Å². The number of benzene rings is 2. The van der Waals surface area contributed by atoms with Crippen LogP contribution >= 0.6 is 0 Å². The van der Waals surface area contributed by atoms with E-state index in [2.05, 4.69) is 5.32 Å². The van der Waals surface area contributed by atoms with E-state index in [0.717, 1.165) is 0 Å². The maximum atomic E-state index is 13.9. The Morgan fingerprint density at radius 2 is 1.78 bits per heavy atom. The van der Waals surface area contributed by atoms with Crippen LogP contribution in [-0.2, 0) is 14.3 Å². The van der Waals surface area contributed by atoms with Crippen LogP contribution < -0.4 is 15.6 Å².